The number of thioether (sulfide) groups is 1. The van der Waals surface area contributed by atoms with E-state index in [4.69, 9.17) is 10.6 Å². The molecule has 0 saturated carbocycles. The summed E-state index contributed by atoms with van der Waals surface area (Å²) in [6.45, 7) is 4.51. The summed E-state index contributed by atoms with van der Waals surface area (Å²) in [5.74, 6) is 7.37. The molecule has 0 saturated heterocycles. The molecule has 0 aliphatic heterocycles. The van der Waals surface area contributed by atoms with Crippen LogP contribution < -0.4 is 5.84 Å². The fourth-order valence-corrected chi connectivity index (χ4v) is 3.05. The number of hydrogen-bond donors (Lipinski definition) is 1. The predicted molar refractivity (Wildman–Crippen MR) is 91.1 cm³/mol. The molecule has 0 bridgehead atoms. The quantitative estimate of drug-likeness (QED) is 0.408. The summed E-state index contributed by atoms with van der Waals surface area (Å²) in [5.41, 5.74) is 1.94. The van der Waals surface area contributed by atoms with Crippen molar-refractivity contribution in [3.05, 3.63) is 35.9 Å². The minimum absolute atomic E-state index is 0.149. The van der Waals surface area contributed by atoms with Gasteiger partial charge in [0.1, 0.15) is 5.82 Å². The normalized spacial score (nSPS) is 11.1. The Morgan fingerprint density at radius 1 is 1.33 bits per heavy atom. The van der Waals surface area contributed by atoms with Gasteiger partial charge in [0.25, 0.3) is 0 Å². The van der Waals surface area contributed by atoms with Crippen LogP contribution in [-0.4, -0.2) is 42.8 Å². The molecular weight excluding hydrogens is 328 g/mol. The van der Waals surface area contributed by atoms with Crippen LogP contribution in [0.3, 0.4) is 0 Å². The van der Waals surface area contributed by atoms with Crippen LogP contribution >= 0.6 is 11.8 Å². The van der Waals surface area contributed by atoms with E-state index in [9.17, 15) is 4.79 Å². The van der Waals surface area contributed by atoms with Crippen molar-refractivity contribution in [3.63, 3.8) is 0 Å². The van der Waals surface area contributed by atoms with Gasteiger partial charge in [-0.2, -0.15) is 0 Å². The number of aryl methyl sites for hydroxylation is 1. The molecule has 0 aliphatic rings. The zero-order valence-corrected chi connectivity index (χ0v) is 14.3. The van der Waals surface area contributed by atoms with Crippen LogP contribution in [-0.2, 0) is 16.1 Å². The molecule has 0 amide bonds. The summed E-state index contributed by atoms with van der Waals surface area (Å²) in [6, 6.07) is 7.89. The second-order valence-corrected chi connectivity index (χ2v) is 6.04. The highest BCUT2D eigenvalue weighted by Crippen LogP contribution is 2.19. The summed E-state index contributed by atoms with van der Waals surface area (Å²) < 4.78 is 8.32. The van der Waals surface area contributed by atoms with Crippen LogP contribution in [0.2, 0.25) is 0 Å². The molecule has 0 aliphatic carbocycles. The average molecular weight is 346 g/mol. The Morgan fingerprint density at radius 2 is 2.12 bits per heavy atom. The number of benzene rings is 1. The molecule has 2 heterocycles. The van der Waals surface area contributed by atoms with Crippen LogP contribution in [0.4, 0.5) is 0 Å². The summed E-state index contributed by atoms with van der Waals surface area (Å²) in [5, 5.41) is 8.65. The van der Waals surface area contributed by atoms with E-state index in [-0.39, 0.29) is 11.7 Å². The fourth-order valence-electron chi connectivity index (χ4n) is 2.38. The minimum atomic E-state index is -0.302. The number of hydrogen-bond acceptors (Lipinski definition) is 7. The number of ether oxygens (including phenoxy) is 1. The van der Waals surface area contributed by atoms with E-state index in [0.29, 0.717) is 24.1 Å². The summed E-state index contributed by atoms with van der Waals surface area (Å²) >= 11 is 1.20. The molecule has 1 aromatic carbocycles. The number of nitrogen functional groups attached to an aromatic ring is 1. The van der Waals surface area contributed by atoms with Crippen molar-refractivity contribution in [3.8, 4) is 0 Å². The van der Waals surface area contributed by atoms with Crippen LogP contribution in [0.25, 0.3) is 11.0 Å². The molecule has 2 N–H and O–H groups in total. The number of esters is 1. The summed E-state index contributed by atoms with van der Waals surface area (Å²) in [4.78, 5) is 16.0. The van der Waals surface area contributed by atoms with Gasteiger partial charge >= 0.3 is 5.97 Å². The maximum Gasteiger partial charge on any atom is 0.316 e. The maximum absolute atomic E-state index is 11.4. The largest absolute Gasteiger partial charge is 0.465 e. The lowest BCUT2D eigenvalue weighted by atomic mass is 10.3. The topological polar surface area (TPSA) is 101 Å². The van der Waals surface area contributed by atoms with Crippen LogP contribution in [0.1, 0.15) is 18.6 Å². The highest BCUT2D eigenvalue weighted by molar-refractivity contribution is 7.99. The number of para-hydroxylation sites is 2. The van der Waals surface area contributed by atoms with E-state index in [1.807, 2.05) is 35.8 Å². The van der Waals surface area contributed by atoms with Gasteiger partial charge in [0, 0.05) is 0 Å². The van der Waals surface area contributed by atoms with Crippen molar-refractivity contribution < 1.29 is 9.53 Å². The van der Waals surface area contributed by atoms with E-state index in [1.54, 1.807) is 6.92 Å². The first-order chi connectivity index (χ1) is 11.6. The first kappa shape index (κ1) is 16.3. The molecule has 0 radical (unpaired) electrons. The van der Waals surface area contributed by atoms with E-state index in [2.05, 4.69) is 15.2 Å². The SMILES string of the molecule is CCOC(=O)CSc1nnc(Cn2c(C)nc3ccccc32)n1N. The highest BCUT2D eigenvalue weighted by Gasteiger charge is 2.15. The molecule has 3 aromatic rings. The second kappa shape index (κ2) is 6.91. The third-order valence-electron chi connectivity index (χ3n) is 3.50. The zero-order chi connectivity index (χ0) is 17.1. The third-order valence-corrected chi connectivity index (χ3v) is 4.42. The van der Waals surface area contributed by atoms with Crippen LogP contribution in [0.5, 0.6) is 0 Å². The van der Waals surface area contributed by atoms with Crippen molar-refractivity contribution in [2.45, 2.75) is 25.5 Å². The molecule has 0 unspecified atom stereocenters. The lowest BCUT2D eigenvalue weighted by molar-refractivity contribution is -0.139. The van der Waals surface area contributed by atoms with E-state index in [0.717, 1.165) is 16.9 Å². The number of imidazole rings is 1. The van der Waals surface area contributed by atoms with Gasteiger partial charge in [-0.15, -0.1) is 10.2 Å². The molecule has 126 valence electrons. The second-order valence-electron chi connectivity index (χ2n) is 5.10. The van der Waals surface area contributed by atoms with Gasteiger partial charge in [0.15, 0.2) is 5.82 Å². The smallest absolute Gasteiger partial charge is 0.316 e. The van der Waals surface area contributed by atoms with Crippen molar-refractivity contribution >= 4 is 28.8 Å². The highest BCUT2D eigenvalue weighted by atomic mass is 32.2. The Labute approximate surface area is 143 Å². The van der Waals surface area contributed by atoms with Crippen molar-refractivity contribution in [2.75, 3.05) is 18.2 Å². The number of carbonyl (C=O) groups is 1. The van der Waals surface area contributed by atoms with Gasteiger partial charge in [0.05, 0.1) is 29.9 Å². The number of carbonyl (C=O) groups excluding carboxylic acids is 1. The van der Waals surface area contributed by atoms with E-state index < -0.39 is 0 Å². The molecule has 2 aromatic heterocycles. The van der Waals surface area contributed by atoms with Gasteiger partial charge in [-0.1, -0.05) is 23.9 Å². The summed E-state index contributed by atoms with van der Waals surface area (Å²) in [7, 11) is 0. The number of aromatic nitrogens is 5. The minimum Gasteiger partial charge on any atom is -0.465 e. The number of nitrogens with zero attached hydrogens (tertiary/aromatic N) is 5. The molecule has 0 spiro atoms. The third kappa shape index (κ3) is 3.21. The van der Waals surface area contributed by atoms with Gasteiger partial charge in [0.2, 0.25) is 5.16 Å². The van der Waals surface area contributed by atoms with E-state index in [1.165, 1.54) is 16.4 Å². The number of fused-ring (bicyclic) bond motifs is 1. The molecule has 0 atom stereocenters. The van der Waals surface area contributed by atoms with Crippen molar-refractivity contribution in [2.24, 2.45) is 0 Å². The van der Waals surface area contributed by atoms with Crippen LogP contribution in [0.15, 0.2) is 29.4 Å². The number of nitrogens with two attached hydrogens (primary N) is 1. The summed E-state index contributed by atoms with van der Waals surface area (Å²) in [6.07, 6.45) is 0. The van der Waals surface area contributed by atoms with Gasteiger partial charge in [-0.05, 0) is 26.0 Å². The average Bonchev–Trinajstić information content (AvgIpc) is 3.07. The van der Waals surface area contributed by atoms with Gasteiger partial charge in [-0.25, -0.2) is 9.66 Å². The molecular formula is C15H18N6O2S. The molecule has 24 heavy (non-hydrogen) atoms. The first-order valence-electron chi connectivity index (χ1n) is 7.49. The molecule has 0 fully saturated rings. The maximum atomic E-state index is 11.4. The first-order valence-corrected chi connectivity index (χ1v) is 8.48. The van der Waals surface area contributed by atoms with Crippen molar-refractivity contribution in [1.29, 1.82) is 0 Å². The lowest BCUT2D eigenvalue weighted by Crippen LogP contribution is -2.17. The van der Waals surface area contributed by atoms with Crippen molar-refractivity contribution in [1.82, 2.24) is 24.4 Å². The molecule has 9 heteroatoms. The Bertz CT molecular complexity index is 872. The molecule has 8 nitrogen and oxygen atoms in total. The lowest BCUT2D eigenvalue weighted by Gasteiger charge is -2.07. The predicted octanol–water partition coefficient (Wildman–Crippen LogP) is 1.35. The van der Waals surface area contributed by atoms with Gasteiger partial charge in [-0.3, -0.25) is 4.79 Å². The van der Waals surface area contributed by atoms with Crippen LogP contribution in [0, 0.1) is 6.92 Å². The standard InChI is InChI=1S/C15H18N6O2S/c1-3-23-14(22)9-24-15-19-18-13(21(15)16)8-20-10(2)17-11-6-4-5-7-12(11)20/h4-7H,3,8-9,16H2,1-2H3. The zero-order valence-electron chi connectivity index (χ0n) is 13.5. The van der Waals surface area contributed by atoms with Gasteiger partial charge < -0.3 is 15.1 Å². The molecule has 3 rings (SSSR count). The Hall–Kier alpha value is -2.55. The number of rotatable bonds is 6. The Morgan fingerprint density at radius 3 is 2.92 bits per heavy atom. The monoisotopic (exact) mass is 346 g/mol. The Balaban J connectivity index is 1.78. The fraction of sp³-hybridized carbons (Fsp3) is 0.333. The Kier molecular flexibility index (Phi) is 4.70. The van der Waals surface area contributed by atoms with E-state index >= 15 is 0 Å².